The van der Waals surface area contributed by atoms with Gasteiger partial charge in [0.15, 0.2) is 11.5 Å². The molecular formula is C19H24N2O4. The van der Waals surface area contributed by atoms with E-state index in [4.69, 9.17) is 19.9 Å². The Balaban J connectivity index is 2.01. The van der Waals surface area contributed by atoms with E-state index in [2.05, 4.69) is 5.32 Å². The zero-order valence-electron chi connectivity index (χ0n) is 14.7. The first-order valence-corrected chi connectivity index (χ1v) is 7.95. The highest BCUT2D eigenvalue weighted by Crippen LogP contribution is 2.38. The molecule has 25 heavy (non-hydrogen) atoms. The van der Waals surface area contributed by atoms with Crippen molar-refractivity contribution in [2.75, 3.05) is 21.3 Å². The molecule has 2 rings (SSSR count). The lowest BCUT2D eigenvalue weighted by molar-refractivity contribution is -0.122. The van der Waals surface area contributed by atoms with Crippen molar-refractivity contribution < 1.29 is 19.0 Å². The number of carbonyl (C=O) groups excluding carboxylic acids is 1. The van der Waals surface area contributed by atoms with Crippen molar-refractivity contribution in [1.29, 1.82) is 0 Å². The average Bonchev–Trinajstić information content (AvgIpc) is 2.65. The second-order valence-electron chi connectivity index (χ2n) is 5.55. The molecule has 0 saturated carbocycles. The molecule has 0 bridgehead atoms. The summed E-state index contributed by atoms with van der Waals surface area (Å²) < 4.78 is 15.9. The molecule has 1 amide bonds. The fourth-order valence-corrected chi connectivity index (χ4v) is 2.52. The van der Waals surface area contributed by atoms with Crippen LogP contribution in [0.2, 0.25) is 0 Å². The minimum atomic E-state index is -0.607. The Hall–Kier alpha value is -2.73. The van der Waals surface area contributed by atoms with Gasteiger partial charge in [-0.05, 0) is 29.7 Å². The summed E-state index contributed by atoms with van der Waals surface area (Å²) in [5, 5.41) is 2.84. The second kappa shape index (κ2) is 8.94. The minimum Gasteiger partial charge on any atom is -0.493 e. The molecule has 0 fully saturated rings. The fourth-order valence-electron chi connectivity index (χ4n) is 2.52. The zero-order valence-corrected chi connectivity index (χ0v) is 14.7. The molecule has 0 aliphatic rings. The summed E-state index contributed by atoms with van der Waals surface area (Å²) in [5.74, 6) is 1.39. The first-order valence-electron chi connectivity index (χ1n) is 7.95. The van der Waals surface area contributed by atoms with Gasteiger partial charge in [-0.1, -0.05) is 30.3 Å². The zero-order chi connectivity index (χ0) is 18.2. The topological polar surface area (TPSA) is 82.8 Å². The normalized spacial score (nSPS) is 11.5. The van der Waals surface area contributed by atoms with Crippen LogP contribution in [0.1, 0.15) is 11.1 Å². The molecule has 2 aromatic rings. The van der Waals surface area contributed by atoms with Gasteiger partial charge < -0.3 is 25.3 Å². The molecule has 0 heterocycles. The highest BCUT2D eigenvalue weighted by atomic mass is 16.5. The van der Waals surface area contributed by atoms with Crippen LogP contribution in [-0.2, 0) is 17.8 Å². The molecule has 6 heteroatoms. The van der Waals surface area contributed by atoms with Crippen LogP contribution in [0.25, 0.3) is 0 Å². The number of benzene rings is 2. The van der Waals surface area contributed by atoms with Crippen LogP contribution in [0, 0.1) is 0 Å². The van der Waals surface area contributed by atoms with Gasteiger partial charge in [-0.2, -0.15) is 0 Å². The van der Waals surface area contributed by atoms with Crippen LogP contribution in [0.4, 0.5) is 0 Å². The summed E-state index contributed by atoms with van der Waals surface area (Å²) in [7, 11) is 4.65. The van der Waals surface area contributed by atoms with E-state index in [0.717, 1.165) is 11.1 Å². The van der Waals surface area contributed by atoms with E-state index in [-0.39, 0.29) is 5.91 Å². The quantitative estimate of drug-likeness (QED) is 0.764. The molecular weight excluding hydrogens is 320 g/mol. The van der Waals surface area contributed by atoms with Crippen molar-refractivity contribution in [3.8, 4) is 17.2 Å². The summed E-state index contributed by atoms with van der Waals surface area (Å²) in [4.78, 5) is 12.2. The monoisotopic (exact) mass is 344 g/mol. The molecule has 0 aliphatic carbocycles. The van der Waals surface area contributed by atoms with Gasteiger partial charge in [-0.15, -0.1) is 0 Å². The van der Waals surface area contributed by atoms with Crippen molar-refractivity contribution in [1.82, 2.24) is 5.32 Å². The molecule has 2 aromatic carbocycles. The number of ether oxygens (including phenoxy) is 3. The number of hydrogen-bond donors (Lipinski definition) is 2. The Labute approximate surface area is 147 Å². The van der Waals surface area contributed by atoms with Gasteiger partial charge in [-0.3, -0.25) is 4.79 Å². The molecule has 0 aromatic heterocycles. The Kier molecular flexibility index (Phi) is 6.65. The predicted octanol–water partition coefficient (Wildman–Crippen LogP) is 1.90. The van der Waals surface area contributed by atoms with Gasteiger partial charge >= 0.3 is 0 Å². The summed E-state index contributed by atoms with van der Waals surface area (Å²) in [6.07, 6.45) is 0.488. The van der Waals surface area contributed by atoms with E-state index in [1.54, 1.807) is 33.5 Å². The van der Waals surface area contributed by atoms with Crippen LogP contribution in [0.3, 0.4) is 0 Å². The molecule has 134 valence electrons. The van der Waals surface area contributed by atoms with Crippen LogP contribution < -0.4 is 25.3 Å². The Morgan fingerprint density at radius 3 is 2.12 bits per heavy atom. The summed E-state index contributed by atoms with van der Waals surface area (Å²) in [5.41, 5.74) is 7.84. The molecule has 0 unspecified atom stereocenters. The fraction of sp³-hybridized carbons (Fsp3) is 0.316. The first kappa shape index (κ1) is 18.6. The maximum Gasteiger partial charge on any atom is 0.237 e. The lowest BCUT2D eigenvalue weighted by Crippen LogP contribution is -2.41. The van der Waals surface area contributed by atoms with Crippen LogP contribution >= 0.6 is 0 Å². The SMILES string of the molecule is COc1cc(CNC(=O)[C@@H](N)Cc2ccccc2)cc(OC)c1OC. The van der Waals surface area contributed by atoms with Crippen molar-refractivity contribution in [3.63, 3.8) is 0 Å². The molecule has 0 aliphatic heterocycles. The third-order valence-corrected chi connectivity index (χ3v) is 3.83. The van der Waals surface area contributed by atoms with Crippen LogP contribution in [-0.4, -0.2) is 33.3 Å². The number of amides is 1. The summed E-state index contributed by atoms with van der Waals surface area (Å²) in [6, 6.07) is 12.7. The predicted molar refractivity (Wildman–Crippen MR) is 96.1 cm³/mol. The number of rotatable bonds is 8. The highest BCUT2D eigenvalue weighted by molar-refractivity contribution is 5.81. The Morgan fingerprint density at radius 2 is 1.60 bits per heavy atom. The van der Waals surface area contributed by atoms with E-state index in [1.165, 1.54) is 0 Å². The average molecular weight is 344 g/mol. The number of methoxy groups -OCH3 is 3. The molecule has 1 atom stereocenters. The van der Waals surface area contributed by atoms with Crippen molar-refractivity contribution in [3.05, 3.63) is 53.6 Å². The molecule has 0 spiro atoms. The number of hydrogen-bond acceptors (Lipinski definition) is 5. The van der Waals surface area contributed by atoms with Gasteiger partial charge in [0, 0.05) is 6.54 Å². The molecule has 3 N–H and O–H groups in total. The van der Waals surface area contributed by atoms with E-state index in [9.17, 15) is 4.79 Å². The minimum absolute atomic E-state index is 0.211. The summed E-state index contributed by atoms with van der Waals surface area (Å²) >= 11 is 0. The maximum atomic E-state index is 12.2. The molecule has 0 radical (unpaired) electrons. The van der Waals surface area contributed by atoms with Crippen LogP contribution in [0.15, 0.2) is 42.5 Å². The van der Waals surface area contributed by atoms with E-state index in [0.29, 0.717) is 30.2 Å². The summed E-state index contributed by atoms with van der Waals surface area (Å²) in [6.45, 7) is 0.317. The van der Waals surface area contributed by atoms with Crippen molar-refractivity contribution in [2.45, 2.75) is 19.0 Å². The standard InChI is InChI=1S/C19H24N2O4/c1-23-16-10-14(11-17(24-2)18(16)25-3)12-21-19(22)15(20)9-13-7-5-4-6-8-13/h4-8,10-11,15H,9,12,20H2,1-3H3,(H,21,22)/t15-/m0/s1. The lowest BCUT2D eigenvalue weighted by atomic mass is 10.1. The van der Waals surface area contributed by atoms with E-state index < -0.39 is 6.04 Å². The van der Waals surface area contributed by atoms with Gasteiger partial charge in [0.2, 0.25) is 11.7 Å². The van der Waals surface area contributed by atoms with Gasteiger partial charge in [0.25, 0.3) is 0 Å². The van der Waals surface area contributed by atoms with E-state index >= 15 is 0 Å². The number of nitrogens with two attached hydrogens (primary N) is 1. The highest BCUT2D eigenvalue weighted by Gasteiger charge is 2.16. The third kappa shape index (κ3) is 4.87. The van der Waals surface area contributed by atoms with Crippen molar-refractivity contribution in [2.24, 2.45) is 5.73 Å². The first-order chi connectivity index (χ1) is 12.1. The smallest absolute Gasteiger partial charge is 0.237 e. The van der Waals surface area contributed by atoms with Crippen molar-refractivity contribution >= 4 is 5.91 Å². The second-order valence-corrected chi connectivity index (χ2v) is 5.55. The van der Waals surface area contributed by atoms with Gasteiger partial charge in [-0.25, -0.2) is 0 Å². The third-order valence-electron chi connectivity index (χ3n) is 3.83. The maximum absolute atomic E-state index is 12.2. The van der Waals surface area contributed by atoms with E-state index in [1.807, 2.05) is 30.3 Å². The Bertz CT molecular complexity index is 679. The van der Waals surface area contributed by atoms with Gasteiger partial charge in [0.05, 0.1) is 27.4 Å². The van der Waals surface area contributed by atoms with Gasteiger partial charge in [0.1, 0.15) is 0 Å². The lowest BCUT2D eigenvalue weighted by Gasteiger charge is -2.16. The number of nitrogens with one attached hydrogen (secondary N) is 1. The largest absolute Gasteiger partial charge is 0.493 e. The van der Waals surface area contributed by atoms with Crippen LogP contribution in [0.5, 0.6) is 17.2 Å². The Morgan fingerprint density at radius 1 is 1.00 bits per heavy atom. The molecule has 6 nitrogen and oxygen atoms in total. The number of carbonyl (C=O) groups is 1. The molecule has 0 saturated heterocycles.